The Labute approximate surface area is 83.5 Å². The van der Waals surface area contributed by atoms with E-state index in [1.807, 2.05) is 25.5 Å². The van der Waals surface area contributed by atoms with Crippen molar-refractivity contribution in [3.8, 4) is 0 Å². The highest BCUT2D eigenvalue weighted by Gasteiger charge is 2.14. The highest BCUT2D eigenvalue weighted by atomic mass is 16.1. The highest BCUT2D eigenvalue weighted by molar-refractivity contribution is 5.60. The summed E-state index contributed by atoms with van der Waals surface area (Å²) in [7, 11) is 0. The van der Waals surface area contributed by atoms with Gasteiger partial charge in [0.2, 0.25) is 0 Å². The first-order chi connectivity index (χ1) is 6.67. The van der Waals surface area contributed by atoms with E-state index in [2.05, 4.69) is 5.32 Å². The zero-order chi connectivity index (χ0) is 10.7. The topological polar surface area (TPSA) is 65.0 Å². The van der Waals surface area contributed by atoms with Gasteiger partial charge in [0.15, 0.2) is 0 Å². The smallest absolute Gasteiger partial charge is 0.292 e. The van der Waals surface area contributed by atoms with Gasteiger partial charge in [-0.3, -0.25) is 9.48 Å². The lowest BCUT2D eigenvalue weighted by molar-refractivity contribution is 0.481. The average molecular weight is 198 g/mol. The van der Waals surface area contributed by atoms with Crippen LogP contribution in [0.3, 0.4) is 0 Å². The lowest BCUT2D eigenvalue weighted by atomic mass is 10.5. The molecule has 0 radical (unpaired) electrons. The highest BCUT2D eigenvalue weighted by Crippen LogP contribution is 2.14. The molecule has 1 aromatic rings. The molecule has 0 saturated carbocycles. The van der Waals surface area contributed by atoms with Gasteiger partial charge in [0.1, 0.15) is 11.5 Å². The van der Waals surface area contributed by atoms with Crippen LogP contribution >= 0.6 is 0 Å². The number of hydrogen-bond donors (Lipinski definition) is 2. The van der Waals surface area contributed by atoms with Gasteiger partial charge >= 0.3 is 0 Å². The maximum Gasteiger partial charge on any atom is 0.292 e. The maximum atomic E-state index is 11.7. The third-order valence-corrected chi connectivity index (χ3v) is 2.21. The maximum absolute atomic E-state index is 11.7. The van der Waals surface area contributed by atoms with E-state index in [0.717, 1.165) is 18.9 Å². The van der Waals surface area contributed by atoms with Crippen molar-refractivity contribution < 1.29 is 0 Å². The number of nitrogens with two attached hydrogens (primary N) is 1. The number of hydrogen-bond acceptors (Lipinski definition) is 3. The number of nitrogens with one attached hydrogen (secondary N) is 1. The summed E-state index contributed by atoms with van der Waals surface area (Å²) in [6, 6.07) is 0. The second-order valence-corrected chi connectivity index (χ2v) is 3.03. The van der Waals surface area contributed by atoms with Gasteiger partial charge in [0, 0.05) is 19.6 Å². The molecular formula is C9H18N4O. The van der Waals surface area contributed by atoms with Gasteiger partial charge in [0.05, 0.1) is 0 Å². The van der Waals surface area contributed by atoms with Gasteiger partial charge in [-0.15, -0.1) is 0 Å². The normalized spacial score (nSPS) is 10.5. The fourth-order valence-corrected chi connectivity index (χ4v) is 1.61. The van der Waals surface area contributed by atoms with Gasteiger partial charge in [-0.1, -0.05) is 0 Å². The second-order valence-electron chi connectivity index (χ2n) is 3.03. The van der Waals surface area contributed by atoms with Crippen molar-refractivity contribution in [2.45, 2.75) is 33.9 Å². The van der Waals surface area contributed by atoms with Crippen LogP contribution in [-0.2, 0) is 13.1 Å². The third kappa shape index (κ3) is 1.49. The number of rotatable bonds is 4. The van der Waals surface area contributed by atoms with Gasteiger partial charge < -0.3 is 11.1 Å². The summed E-state index contributed by atoms with van der Waals surface area (Å²) in [5, 5.41) is 3.11. The van der Waals surface area contributed by atoms with Crippen LogP contribution in [0.5, 0.6) is 0 Å². The Kier molecular flexibility index (Phi) is 3.22. The molecule has 0 aromatic carbocycles. The van der Waals surface area contributed by atoms with Crippen LogP contribution in [0.25, 0.3) is 0 Å². The van der Waals surface area contributed by atoms with Crippen LogP contribution in [0, 0.1) is 0 Å². The van der Waals surface area contributed by atoms with Gasteiger partial charge in [-0.2, -0.15) is 0 Å². The van der Waals surface area contributed by atoms with Crippen molar-refractivity contribution in [2.24, 2.45) is 0 Å². The van der Waals surface area contributed by atoms with Crippen LogP contribution in [0.2, 0.25) is 0 Å². The largest absolute Gasteiger partial charge is 0.391 e. The molecule has 0 unspecified atom stereocenters. The number of anilines is 2. The van der Waals surface area contributed by atoms with Crippen molar-refractivity contribution in [3.05, 3.63) is 10.4 Å². The minimum atomic E-state index is -0.106. The molecule has 0 amide bonds. The average Bonchev–Trinajstić information content (AvgIpc) is 2.42. The molecule has 0 bridgehead atoms. The zero-order valence-electron chi connectivity index (χ0n) is 9.00. The number of aromatic nitrogens is 2. The summed E-state index contributed by atoms with van der Waals surface area (Å²) in [5.74, 6) is 0.738. The Morgan fingerprint density at radius 2 is 1.79 bits per heavy atom. The molecule has 80 valence electrons. The van der Waals surface area contributed by atoms with Crippen molar-refractivity contribution in [1.82, 2.24) is 9.36 Å². The van der Waals surface area contributed by atoms with Crippen LogP contribution < -0.4 is 16.6 Å². The molecule has 0 spiro atoms. The molecule has 0 atom stereocenters. The van der Waals surface area contributed by atoms with Crippen LogP contribution in [0.15, 0.2) is 4.79 Å². The van der Waals surface area contributed by atoms with Crippen LogP contribution in [0.1, 0.15) is 20.8 Å². The molecule has 0 aliphatic rings. The summed E-state index contributed by atoms with van der Waals surface area (Å²) >= 11 is 0. The Morgan fingerprint density at radius 1 is 1.21 bits per heavy atom. The Morgan fingerprint density at radius 3 is 2.21 bits per heavy atom. The van der Waals surface area contributed by atoms with Crippen molar-refractivity contribution in [1.29, 1.82) is 0 Å². The van der Waals surface area contributed by atoms with E-state index in [4.69, 9.17) is 5.73 Å². The lowest BCUT2D eigenvalue weighted by Crippen LogP contribution is -2.22. The summed E-state index contributed by atoms with van der Waals surface area (Å²) in [5.41, 5.74) is 5.93. The Hall–Kier alpha value is -1.39. The first kappa shape index (κ1) is 10.7. The SMILES string of the molecule is CCNc1c(N)c(=O)n(CC)n1CC. The van der Waals surface area contributed by atoms with Gasteiger partial charge in [-0.05, 0) is 20.8 Å². The minimum absolute atomic E-state index is 0.106. The predicted octanol–water partition coefficient (Wildman–Crippen LogP) is 0.704. The second kappa shape index (κ2) is 4.21. The van der Waals surface area contributed by atoms with E-state index in [1.165, 1.54) is 0 Å². The van der Waals surface area contributed by atoms with E-state index < -0.39 is 0 Å². The van der Waals surface area contributed by atoms with Crippen LogP contribution in [-0.4, -0.2) is 15.9 Å². The summed E-state index contributed by atoms with van der Waals surface area (Å²) in [6.07, 6.45) is 0. The molecule has 3 N–H and O–H groups in total. The van der Waals surface area contributed by atoms with Crippen LogP contribution in [0.4, 0.5) is 11.5 Å². The molecule has 1 heterocycles. The van der Waals surface area contributed by atoms with E-state index >= 15 is 0 Å². The van der Waals surface area contributed by atoms with Crippen molar-refractivity contribution in [2.75, 3.05) is 17.6 Å². The zero-order valence-corrected chi connectivity index (χ0v) is 9.00. The predicted molar refractivity (Wildman–Crippen MR) is 58.6 cm³/mol. The minimum Gasteiger partial charge on any atom is -0.391 e. The molecule has 0 aliphatic carbocycles. The summed E-state index contributed by atoms with van der Waals surface area (Å²) in [4.78, 5) is 11.7. The quantitative estimate of drug-likeness (QED) is 0.748. The molecule has 0 saturated heterocycles. The molecule has 1 rings (SSSR count). The fourth-order valence-electron chi connectivity index (χ4n) is 1.61. The molecule has 0 fully saturated rings. The molecule has 5 nitrogen and oxygen atoms in total. The molecule has 1 aromatic heterocycles. The first-order valence-electron chi connectivity index (χ1n) is 5.00. The number of nitrogens with zero attached hydrogens (tertiary/aromatic N) is 2. The Balaban J connectivity index is 3.33. The molecule has 0 aliphatic heterocycles. The monoisotopic (exact) mass is 198 g/mol. The molecular weight excluding hydrogens is 180 g/mol. The molecule has 5 heteroatoms. The Bertz CT molecular complexity index is 364. The summed E-state index contributed by atoms with van der Waals surface area (Å²) in [6.45, 7) is 8.05. The molecule has 14 heavy (non-hydrogen) atoms. The number of nitrogen functional groups attached to an aromatic ring is 1. The van der Waals surface area contributed by atoms with Gasteiger partial charge in [0.25, 0.3) is 5.56 Å². The summed E-state index contributed by atoms with van der Waals surface area (Å²) < 4.78 is 3.52. The van der Waals surface area contributed by atoms with E-state index in [0.29, 0.717) is 12.2 Å². The van der Waals surface area contributed by atoms with Crippen molar-refractivity contribution in [3.63, 3.8) is 0 Å². The van der Waals surface area contributed by atoms with E-state index in [1.54, 1.807) is 4.68 Å². The third-order valence-electron chi connectivity index (χ3n) is 2.21. The van der Waals surface area contributed by atoms with E-state index in [9.17, 15) is 4.79 Å². The van der Waals surface area contributed by atoms with Gasteiger partial charge in [-0.25, -0.2) is 4.68 Å². The lowest BCUT2D eigenvalue weighted by Gasteiger charge is -2.11. The van der Waals surface area contributed by atoms with E-state index in [-0.39, 0.29) is 5.56 Å². The van der Waals surface area contributed by atoms with Crippen molar-refractivity contribution >= 4 is 11.5 Å². The first-order valence-corrected chi connectivity index (χ1v) is 5.00. The fraction of sp³-hybridized carbons (Fsp3) is 0.667. The standard InChI is InChI=1S/C9H18N4O/c1-4-11-8-7(10)9(14)13(6-3)12(8)5-2/h11H,4-6,10H2,1-3H3.